The highest BCUT2D eigenvalue weighted by molar-refractivity contribution is 5.88. The number of carboxylic acids is 1. The molecule has 6 heteroatoms. The zero-order valence-corrected chi connectivity index (χ0v) is 9.21. The van der Waals surface area contributed by atoms with Gasteiger partial charge in [0.2, 0.25) is 0 Å². The number of hydrogen-bond acceptors (Lipinski definition) is 3. The molecule has 0 aliphatic heterocycles. The highest BCUT2D eigenvalue weighted by Crippen LogP contribution is 2.11. The number of hydrogen-bond donors (Lipinski definition) is 1. The lowest BCUT2D eigenvalue weighted by Gasteiger charge is -2.06. The molecule has 0 aliphatic rings. The highest BCUT2D eigenvalue weighted by atomic mass is 19.1. The predicted molar refractivity (Wildman–Crippen MR) is 61.0 cm³/mol. The number of aromatic carboxylic acids is 1. The molecule has 2 aromatic rings. The molecule has 0 atom stereocenters. The van der Waals surface area contributed by atoms with E-state index in [0.717, 1.165) is 6.07 Å². The lowest BCUT2D eigenvalue weighted by atomic mass is 10.1. The van der Waals surface area contributed by atoms with Gasteiger partial charge in [-0.3, -0.25) is 9.36 Å². The molecule has 1 N–H and O–H groups in total. The normalized spacial score (nSPS) is 10.3. The molecule has 0 amide bonds. The minimum absolute atomic E-state index is 0.146. The molecule has 0 saturated carbocycles. The van der Waals surface area contributed by atoms with Crippen molar-refractivity contribution in [2.45, 2.75) is 6.54 Å². The molecule has 18 heavy (non-hydrogen) atoms. The van der Waals surface area contributed by atoms with Crippen LogP contribution < -0.4 is 5.56 Å². The molecule has 2 rings (SSSR count). The topological polar surface area (TPSA) is 72.2 Å². The Morgan fingerprint density at radius 3 is 2.83 bits per heavy atom. The molecule has 0 bridgehead atoms. The fourth-order valence-corrected chi connectivity index (χ4v) is 1.53. The van der Waals surface area contributed by atoms with Crippen molar-refractivity contribution in [1.29, 1.82) is 0 Å². The minimum atomic E-state index is -1.34. The average molecular weight is 248 g/mol. The molecule has 0 unspecified atom stereocenters. The number of aromatic nitrogens is 2. The van der Waals surface area contributed by atoms with E-state index in [-0.39, 0.29) is 12.1 Å². The quantitative estimate of drug-likeness (QED) is 0.883. The second kappa shape index (κ2) is 4.79. The number of carboxylic acid groups (broad SMARTS) is 1. The maximum absolute atomic E-state index is 13.2. The highest BCUT2D eigenvalue weighted by Gasteiger charge is 2.11. The van der Waals surface area contributed by atoms with E-state index in [2.05, 4.69) is 4.98 Å². The first-order chi connectivity index (χ1) is 8.58. The van der Waals surface area contributed by atoms with Crippen LogP contribution in [0.4, 0.5) is 4.39 Å². The molecular weight excluding hydrogens is 239 g/mol. The molecule has 0 radical (unpaired) electrons. The van der Waals surface area contributed by atoms with Crippen molar-refractivity contribution in [3.05, 3.63) is 64.1 Å². The van der Waals surface area contributed by atoms with Crippen LogP contribution in [-0.2, 0) is 6.54 Å². The third-order valence-electron chi connectivity index (χ3n) is 2.41. The standard InChI is InChI=1S/C12H9FN2O3/c13-10-2-1-8(5-9(10)12(17)18)6-15-7-14-4-3-11(15)16/h1-5,7H,6H2,(H,17,18). The molecule has 1 aromatic heterocycles. The Kier molecular flexibility index (Phi) is 3.18. The van der Waals surface area contributed by atoms with Gasteiger partial charge < -0.3 is 5.11 Å². The number of benzene rings is 1. The summed E-state index contributed by atoms with van der Waals surface area (Å²) in [5.74, 6) is -2.14. The monoisotopic (exact) mass is 248 g/mol. The summed E-state index contributed by atoms with van der Waals surface area (Å²) in [5, 5.41) is 8.79. The Morgan fingerprint density at radius 1 is 1.39 bits per heavy atom. The first-order valence-corrected chi connectivity index (χ1v) is 5.10. The van der Waals surface area contributed by atoms with E-state index in [1.807, 2.05) is 0 Å². The number of rotatable bonds is 3. The largest absolute Gasteiger partial charge is 0.478 e. The van der Waals surface area contributed by atoms with Gasteiger partial charge in [0.25, 0.3) is 5.56 Å². The lowest BCUT2D eigenvalue weighted by molar-refractivity contribution is 0.0691. The third-order valence-corrected chi connectivity index (χ3v) is 2.41. The van der Waals surface area contributed by atoms with Crippen LogP contribution in [0.2, 0.25) is 0 Å². The van der Waals surface area contributed by atoms with Gasteiger partial charge >= 0.3 is 5.97 Å². The third kappa shape index (κ3) is 2.42. The van der Waals surface area contributed by atoms with E-state index in [4.69, 9.17) is 5.11 Å². The molecule has 1 heterocycles. The molecule has 5 nitrogen and oxygen atoms in total. The summed E-state index contributed by atoms with van der Waals surface area (Å²) < 4.78 is 14.5. The smallest absolute Gasteiger partial charge is 0.338 e. The van der Waals surface area contributed by atoms with Crippen LogP contribution in [0, 0.1) is 5.82 Å². The van der Waals surface area contributed by atoms with Crippen LogP contribution in [0.25, 0.3) is 0 Å². The van der Waals surface area contributed by atoms with Gasteiger partial charge in [-0.25, -0.2) is 14.2 Å². The Labute approximate surface area is 101 Å². The van der Waals surface area contributed by atoms with Crippen LogP contribution in [-0.4, -0.2) is 20.6 Å². The maximum Gasteiger partial charge on any atom is 0.338 e. The van der Waals surface area contributed by atoms with E-state index >= 15 is 0 Å². The number of halogens is 1. The molecule has 92 valence electrons. The number of nitrogens with zero attached hydrogens (tertiary/aromatic N) is 2. The van der Waals surface area contributed by atoms with Crippen molar-refractivity contribution in [1.82, 2.24) is 9.55 Å². The summed E-state index contributed by atoms with van der Waals surface area (Å²) in [6.45, 7) is 0.146. The molecule has 0 aliphatic carbocycles. The van der Waals surface area contributed by atoms with Crippen LogP contribution in [0.15, 0.2) is 41.6 Å². The second-order valence-corrected chi connectivity index (χ2v) is 3.67. The molecular formula is C12H9FN2O3. The fraction of sp³-hybridized carbons (Fsp3) is 0.0833. The zero-order valence-electron chi connectivity index (χ0n) is 9.21. The van der Waals surface area contributed by atoms with E-state index in [0.29, 0.717) is 5.56 Å². The minimum Gasteiger partial charge on any atom is -0.478 e. The summed E-state index contributed by atoms with van der Waals surface area (Å²) in [6.07, 6.45) is 2.71. The van der Waals surface area contributed by atoms with Crippen LogP contribution in [0.1, 0.15) is 15.9 Å². The van der Waals surface area contributed by atoms with Crippen molar-refractivity contribution >= 4 is 5.97 Å². The van der Waals surface area contributed by atoms with Gasteiger partial charge in [-0.15, -0.1) is 0 Å². The Hall–Kier alpha value is -2.50. The summed E-state index contributed by atoms with van der Waals surface area (Å²) in [7, 11) is 0. The van der Waals surface area contributed by atoms with Gasteiger partial charge in [-0.2, -0.15) is 0 Å². The summed E-state index contributed by atoms with van der Waals surface area (Å²) in [5.41, 5.74) is -0.153. The molecule has 0 saturated heterocycles. The van der Waals surface area contributed by atoms with Gasteiger partial charge in [0.05, 0.1) is 18.4 Å². The summed E-state index contributed by atoms with van der Waals surface area (Å²) >= 11 is 0. The van der Waals surface area contributed by atoms with Gasteiger partial charge in [0, 0.05) is 12.3 Å². The average Bonchev–Trinajstić information content (AvgIpc) is 2.34. The van der Waals surface area contributed by atoms with Crippen molar-refractivity contribution < 1.29 is 14.3 Å². The predicted octanol–water partition coefficient (Wildman–Crippen LogP) is 1.13. The van der Waals surface area contributed by atoms with Gasteiger partial charge in [0.1, 0.15) is 5.82 Å². The van der Waals surface area contributed by atoms with E-state index in [1.54, 1.807) is 0 Å². The number of carbonyl (C=O) groups is 1. The van der Waals surface area contributed by atoms with Gasteiger partial charge in [-0.1, -0.05) is 6.07 Å². The first kappa shape index (κ1) is 12.0. The SMILES string of the molecule is O=C(O)c1cc(Cn2cnccc2=O)ccc1F. The van der Waals surface area contributed by atoms with Crippen molar-refractivity contribution in [3.63, 3.8) is 0 Å². The van der Waals surface area contributed by atoms with Gasteiger partial charge in [0.15, 0.2) is 0 Å². The Bertz CT molecular complexity index is 652. The zero-order chi connectivity index (χ0) is 13.1. The lowest BCUT2D eigenvalue weighted by Crippen LogP contribution is -2.19. The van der Waals surface area contributed by atoms with E-state index < -0.39 is 17.3 Å². The molecule has 1 aromatic carbocycles. The van der Waals surface area contributed by atoms with Gasteiger partial charge in [-0.05, 0) is 17.7 Å². The molecule has 0 fully saturated rings. The van der Waals surface area contributed by atoms with Crippen LogP contribution in [0.3, 0.4) is 0 Å². The van der Waals surface area contributed by atoms with E-state index in [1.165, 1.54) is 35.3 Å². The van der Waals surface area contributed by atoms with Crippen molar-refractivity contribution in [2.24, 2.45) is 0 Å². The Morgan fingerprint density at radius 2 is 2.17 bits per heavy atom. The molecule has 0 spiro atoms. The van der Waals surface area contributed by atoms with E-state index in [9.17, 15) is 14.0 Å². The fourth-order valence-electron chi connectivity index (χ4n) is 1.53. The first-order valence-electron chi connectivity index (χ1n) is 5.10. The Balaban J connectivity index is 2.36. The summed E-state index contributed by atoms with van der Waals surface area (Å²) in [6, 6.07) is 5.00. The van der Waals surface area contributed by atoms with Crippen molar-refractivity contribution in [2.75, 3.05) is 0 Å². The van der Waals surface area contributed by atoms with Crippen LogP contribution >= 0.6 is 0 Å². The second-order valence-electron chi connectivity index (χ2n) is 3.67. The van der Waals surface area contributed by atoms with Crippen LogP contribution in [0.5, 0.6) is 0 Å². The summed E-state index contributed by atoms with van der Waals surface area (Å²) in [4.78, 5) is 26.0. The van der Waals surface area contributed by atoms with Crippen molar-refractivity contribution in [3.8, 4) is 0 Å². The maximum atomic E-state index is 13.2.